The van der Waals surface area contributed by atoms with Gasteiger partial charge >= 0.3 is 5.97 Å². The van der Waals surface area contributed by atoms with Crippen molar-refractivity contribution < 1.29 is 14.7 Å². The fourth-order valence-corrected chi connectivity index (χ4v) is 3.78. The minimum atomic E-state index is -0.832. The normalized spacial score (nSPS) is 13.9. The maximum absolute atomic E-state index is 12.6. The number of rotatable bonds is 8. The van der Waals surface area contributed by atoms with Crippen molar-refractivity contribution in [3.05, 3.63) is 64.7 Å². The lowest BCUT2D eigenvalue weighted by Crippen LogP contribution is -2.35. The van der Waals surface area contributed by atoms with Crippen molar-refractivity contribution in [3.63, 3.8) is 0 Å². The van der Waals surface area contributed by atoms with Gasteiger partial charge in [0.2, 0.25) is 0 Å². The van der Waals surface area contributed by atoms with Crippen molar-refractivity contribution in [1.82, 2.24) is 0 Å². The predicted octanol–water partition coefficient (Wildman–Crippen LogP) is 6.23. The number of fused-ring (bicyclic) bond motifs is 1. The van der Waals surface area contributed by atoms with Gasteiger partial charge in [-0.1, -0.05) is 70.4 Å². The lowest BCUT2D eigenvalue weighted by atomic mass is 9.94. The van der Waals surface area contributed by atoms with E-state index in [9.17, 15) is 9.59 Å². The van der Waals surface area contributed by atoms with Gasteiger partial charge in [-0.3, -0.25) is 9.59 Å². The van der Waals surface area contributed by atoms with E-state index in [0.717, 1.165) is 28.8 Å². The van der Waals surface area contributed by atoms with Gasteiger partial charge in [0.15, 0.2) is 5.78 Å². The molecule has 30 heavy (non-hydrogen) atoms. The zero-order chi connectivity index (χ0) is 22.1. The minimum absolute atomic E-state index is 0.141. The van der Waals surface area contributed by atoms with Crippen molar-refractivity contribution in [1.29, 1.82) is 0 Å². The van der Waals surface area contributed by atoms with Crippen molar-refractivity contribution >= 4 is 17.4 Å². The zero-order valence-corrected chi connectivity index (χ0v) is 18.8. The molecule has 1 heterocycles. The summed E-state index contributed by atoms with van der Waals surface area (Å²) in [6.07, 6.45) is 6.00. The van der Waals surface area contributed by atoms with Crippen molar-refractivity contribution in [2.75, 3.05) is 11.4 Å². The third-order valence-corrected chi connectivity index (χ3v) is 5.61. The Labute approximate surface area is 180 Å². The number of hydrogen-bond donors (Lipinski definition) is 1. The van der Waals surface area contributed by atoms with E-state index in [1.54, 1.807) is 6.92 Å². The van der Waals surface area contributed by atoms with Gasteiger partial charge in [-0.2, -0.15) is 0 Å². The van der Waals surface area contributed by atoms with Crippen LogP contribution in [0, 0.1) is 0 Å². The van der Waals surface area contributed by atoms with Gasteiger partial charge < -0.3 is 10.0 Å². The number of carboxylic acid groups (broad SMARTS) is 1. The van der Waals surface area contributed by atoms with E-state index in [2.05, 4.69) is 24.0 Å². The highest BCUT2D eigenvalue weighted by Gasteiger charge is 2.24. The first-order valence-electron chi connectivity index (χ1n) is 11.2. The van der Waals surface area contributed by atoms with Crippen molar-refractivity contribution in [3.8, 4) is 0 Å². The monoisotopic (exact) mass is 409 g/mol. The van der Waals surface area contributed by atoms with Gasteiger partial charge in [-0.25, -0.2) is 0 Å². The molecule has 2 aromatic carbocycles. The third kappa shape index (κ3) is 5.94. The van der Waals surface area contributed by atoms with E-state index in [1.165, 1.54) is 31.2 Å². The van der Waals surface area contributed by atoms with Gasteiger partial charge in [-0.05, 0) is 48.6 Å². The van der Waals surface area contributed by atoms with Crippen LogP contribution in [0.5, 0.6) is 0 Å². The molecule has 1 aliphatic heterocycles. The Morgan fingerprint density at radius 2 is 1.73 bits per heavy atom. The van der Waals surface area contributed by atoms with Crippen LogP contribution in [0.15, 0.2) is 42.5 Å². The quantitative estimate of drug-likeness (QED) is 0.525. The Morgan fingerprint density at radius 1 is 1.03 bits per heavy atom. The molecular formula is C26H35NO3. The number of aliphatic carboxylic acids is 1. The molecule has 1 aliphatic rings. The minimum Gasteiger partial charge on any atom is -0.481 e. The predicted molar refractivity (Wildman–Crippen MR) is 124 cm³/mol. The Hall–Kier alpha value is -2.62. The molecule has 4 nitrogen and oxygen atoms in total. The number of carbonyl (C=O) groups is 2. The van der Waals surface area contributed by atoms with Crippen molar-refractivity contribution in [2.24, 2.45) is 0 Å². The second-order valence-corrected chi connectivity index (χ2v) is 7.73. The van der Waals surface area contributed by atoms with Crippen molar-refractivity contribution in [2.45, 2.75) is 72.3 Å². The SMILES string of the molecule is CC.CCCCCCc1ccc2c(c1)CN(c1ccc(C(C)C(=O)O)cc1)CC2=O. The first kappa shape index (κ1) is 23.7. The summed E-state index contributed by atoms with van der Waals surface area (Å²) in [5.74, 6) is -1.23. The third-order valence-electron chi connectivity index (χ3n) is 5.61. The first-order chi connectivity index (χ1) is 14.5. The van der Waals surface area contributed by atoms with Gasteiger partial charge in [0.05, 0.1) is 12.5 Å². The lowest BCUT2D eigenvalue weighted by molar-refractivity contribution is -0.138. The second-order valence-electron chi connectivity index (χ2n) is 7.73. The van der Waals surface area contributed by atoms with Crippen LogP contribution < -0.4 is 4.90 Å². The number of anilines is 1. The number of carboxylic acids is 1. The maximum Gasteiger partial charge on any atom is 0.310 e. The Morgan fingerprint density at radius 3 is 2.37 bits per heavy atom. The summed E-state index contributed by atoms with van der Waals surface area (Å²) in [5, 5.41) is 9.16. The summed E-state index contributed by atoms with van der Waals surface area (Å²) in [6.45, 7) is 8.96. The number of nitrogens with zero attached hydrogens (tertiary/aromatic N) is 1. The van der Waals surface area contributed by atoms with Gasteiger partial charge in [0, 0.05) is 17.8 Å². The average molecular weight is 410 g/mol. The van der Waals surface area contributed by atoms with Crippen LogP contribution in [0.4, 0.5) is 5.69 Å². The zero-order valence-electron chi connectivity index (χ0n) is 18.8. The van der Waals surface area contributed by atoms with E-state index in [0.29, 0.717) is 13.1 Å². The molecule has 3 rings (SSSR count). The molecule has 0 spiro atoms. The summed E-state index contributed by atoms with van der Waals surface area (Å²) in [6, 6.07) is 13.8. The number of unbranched alkanes of at least 4 members (excludes halogenated alkanes) is 3. The van der Waals surface area contributed by atoms with E-state index in [-0.39, 0.29) is 5.78 Å². The van der Waals surface area contributed by atoms with Gasteiger partial charge in [-0.15, -0.1) is 0 Å². The van der Waals surface area contributed by atoms with Crippen LogP contribution in [-0.4, -0.2) is 23.4 Å². The number of ketones is 1. The average Bonchev–Trinajstić information content (AvgIpc) is 2.77. The van der Waals surface area contributed by atoms with E-state index < -0.39 is 11.9 Å². The van der Waals surface area contributed by atoms with Crippen LogP contribution in [0.1, 0.15) is 86.3 Å². The van der Waals surface area contributed by atoms with E-state index in [4.69, 9.17) is 5.11 Å². The maximum atomic E-state index is 12.6. The topological polar surface area (TPSA) is 57.6 Å². The van der Waals surface area contributed by atoms with Gasteiger partial charge in [0.25, 0.3) is 0 Å². The molecule has 1 N–H and O–H groups in total. The molecule has 0 saturated carbocycles. The van der Waals surface area contributed by atoms with Crippen LogP contribution in [0.2, 0.25) is 0 Å². The number of benzene rings is 2. The Bertz CT molecular complexity index is 842. The first-order valence-corrected chi connectivity index (χ1v) is 11.2. The molecule has 4 heteroatoms. The van der Waals surface area contributed by atoms with Crippen LogP contribution in [0.25, 0.3) is 0 Å². The number of Topliss-reactive ketones (excluding diaryl/α,β-unsaturated/α-hetero) is 1. The molecule has 0 fully saturated rings. The highest BCUT2D eigenvalue weighted by Crippen LogP contribution is 2.27. The smallest absolute Gasteiger partial charge is 0.310 e. The fourth-order valence-electron chi connectivity index (χ4n) is 3.78. The lowest BCUT2D eigenvalue weighted by Gasteiger charge is -2.30. The molecule has 0 amide bonds. The Balaban J connectivity index is 0.00000155. The summed E-state index contributed by atoms with van der Waals surface area (Å²) in [7, 11) is 0. The molecular weight excluding hydrogens is 374 g/mol. The fraction of sp³-hybridized carbons (Fsp3) is 0.462. The number of carbonyl (C=O) groups excluding carboxylic acids is 1. The summed E-state index contributed by atoms with van der Waals surface area (Å²) < 4.78 is 0. The Kier molecular flexibility index (Phi) is 9.10. The summed E-state index contributed by atoms with van der Waals surface area (Å²) >= 11 is 0. The van der Waals surface area contributed by atoms with Crippen LogP contribution >= 0.6 is 0 Å². The van der Waals surface area contributed by atoms with E-state index >= 15 is 0 Å². The van der Waals surface area contributed by atoms with Crippen LogP contribution in [-0.2, 0) is 17.8 Å². The summed E-state index contributed by atoms with van der Waals surface area (Å²) in [4.78, 5) is 25.8. The number of hydrogen-bond acceptors (Lipinski definition) is 3. The highest BCUT2D eigenvalue weighted by molar-refractivity contribution is 6.02. The number of aryl methyl sites for hydroxylation is 1. The van der Waals surface area contributed by atoms with Gasteiger partial charge in [0.1, 0.15) is 0 Å². The highest BCUT2D eigenvalue weighted by atomic mass is 16.4. The molecule has 0 saturated heterocycles. The molecule has 0 aromatic heterocycles. The molecule has 162 valence electrons. The second kappa shape index (κ2) is 11.5. The molecule has 2 aromatic rings. The molecule has 1 unspecified atom stereocenters. The summed E-state index contributed by atoms with van der Waals surface area (Å²) in [5.41, 5.74) is 4.95. The molecule has 0 aliphatic carbocycles. The van der Waals surface area contributed by atoms with E-state index in [1.807, 2.05) is 44.2 Å². The largest absolute Gasteiger partial charge is 0.481 e. The van der Waals surface area contributed by atoms with Crippen LogP contribution in [0.3, 0.4) is 0 Å². The standard InChI is InChI=1S/C24H29NO3.C2H6/c1-3-4-5-6-7-18-8-13-22-20(14-18)15-25(16-23(22)26)21-11-9-19(10-12-21)17(2)24(27)28;1-2/h8-14,17H,3-7,15-16H2,1-2H3,(H,27,28);1-2H3. The molecule has 0 bridgehead atoms. The molecule has 0 radical (unpaired) electrons. The molecule has 1 atom stereocenters.